The molecule has 2 atom stereocenters. The Bertz CT molecular complexity index is 1900. The molecule has 9 heteroatoms. The molecule has 3 aromatic heterocycles. The summed E-state index contributed by atoms with van der Waals surface area (Å²) in [6.07, 6.45) is 8.50. The molecule has 45 heavy (non-hydrogen) atoms. The van der Waals surface area contributed by atoms with Gasteiger partial charge in [0, 0.05) is 6.20 Å². The molecule has 1 aliphatic carbocycles. The maximum atomic E-state index is 7.62. The topological polar surface area (TPSA) is 104 Å². The van der Waals surface area contributed by atoms with Crippen LogP contribution < -0.4 is 21.4 Å². The molecule has 0 spiro atoms. The molecule has 1 aliphatic rings. The fourth-order valence-corrected chi connectivity index (χ4v) is 11.4. The van der Waals surface area contributed by atoms with E-state index in [0.29, 0.717) is 17.5 Å². The Balaban J connectivity index is 1.24. The second-order valence-corrected chi connectivity index (χ2v) is 16.9. The van der Waals surface area contributed by atoms with E-state index in [4.69, 9.17) is 15.1 Å². The summed E-state index contributed by atoms with van der Waals surface area (Å²) in [4.78, 5) is 18.1. The number of aromatic nitrogens is 5. The number of hydrogen-bond acceptors (Lipinski definition) is 7. The van der Waals surface area contributed by atoms with E-state index in [2.05, 4.69) is 126 Å². The normalized spacial score (nSPS) is 16.8. The molecule has 3 heterocycles. The van der Waals surface area contributed by atoms with Gasteiger partial charge in [0.25, 0.3) is 8.32 Å². The Labute approximate surface area is 264 Å². The molecule has 0 fully saturated rings. The Kier molecular flexibility index (Phi) is 7.43. The largest absolute Gasteiger partial charge is 0.400 e. The third-order valence-electron chi connectivity index (χ3n) is 8.85. The van der Waals surface area contributed by atoms with Crippen molar-refractivity contribution in [3.63, 3.8) is 0 Å². The minimum absolute atomic E-state index is 0.00597. The van der Waals surface area contributed by atoms with Crippen molar-refractivity contribution in [2.45, 2.75) is 50.8 Å². The van der Waals surface area contributed by atoms with Gasteiger partial charge in [-0.3, -0.25) is 9.55 Å². The van der Waals surface area contributed by atoms with Crippen molar-refractivity contribution in [2.24, 2.45) is 0 Å². The summed E-state index contributed by atoms with van der Waals surface area (Å²) in [5.41, 5.74) is 11.0. The molecule has 226 valence electrons. The Hall–Kier alpha value is -4.86. The predicted octanol–water partition coefficient (Wildman–Crippen LogP) is 6.36. The zero-order valence-electron chi connectivity index (χ0n) is 25.8. The third kappa shape index (κ3) is 5.17. The van der Waals surface area contributed by atoms with Gasteiger partial charge in [0.1, 0.15) is 6.33 Å². The zero-order chi connectivity index (χ0) is 31.0. The van der Waals surface area contributed by atoms with Crippen LogP contribution in [0.5, 0.6) is 0 Å². The number of imidazole rings is 1. The number of pyridine rings is 1. The van der Waals surface area contributed by atoms with Crippen LogP contribution in [-0.4, -0.2) is 32.8 Å². The average molecular weight is 612 g/mol. The fraction of sp³-hybridized carbons (Fsp3) is 0.222. The van der Waals surface area contributed by atoms with Crippen molar-refractivity contribution < 1.29 is 4.43 Å². The van der Waals surface area contributed by atoms with Crippen molar-refractivity contribution in [1.29, 1.82) is 0 Å². The third-order valence-corrected chi connectivity index (χ3v) is 13.9. The molecule has 6 aromatic rings. The van der Waals surface area contributed by atoms with Crippen LogP contribution in [0.4, 0.5) is 11.5 Å². The number of nitrogens with one attached hydrogen (secondary N) is 1. The van der Waals surface area contributed by atoms with Crippen LogP contribution in [0, 0.1) is 0 Å². The average Bonchev–Trinajstić information content (AvgIpc) is 3.50. The lowest BCUT2D eigenvalue weighted by molar-refractivity contribution is 0.165. The van der Waals surface area contributed by atoms with Crippen LogP contribution >= 0.6 is 0 Å². The SMILES string of the molecule is CC(C)(C)[Si](O[C@@H]1CC[C@@H](Nc2nc(-n3cnc4ccncc43)ncc2N)c2ccccc21)(c1ccccc1)c1ccccc1. The van der Waals surface area contributed by atoms with Crippen LogP contribution in [0.1, 0.15) is 56.9 Å². The molecule has 0 unspecified atom stereocenters. The minimum Gasteiger partial charge on any atom is -0.400 e. The van der Waals surface area contributed by atoms with E-state index in [0.717, 1.165) is 23.9 Å². The minimum atomic E-state index is -2.75. The first-order chi connectivity index (χ1) is 21.8. The quantitative estimate of drug-likeness (QED) is 0.203. The molecule has 0 saturated carbocycles. The number of rotatable bonds is 7. The molecule has 0 amide bonds. The lowest BCUT2D eigenvalue weighted by atomic mass is 9.86. The Morgan fingerprint density at radius 2 is 1.49 bits per heavy atom. The molecule has 0 radical (unpaired) electrons. The Morgan fingerprint density at radius 3 is 2.18 bits per heavy atom. The lowest BCUT2D eigenvalue weighted by Crippen LogP contribution is -2.67. The van der Waals surface area contributed by atoms with Crippen molar-refractivity contribution >= 4 is 41.2 Å². The van der Waals surface area contributed by atoms with Gasteiger partial charge >= 0.3 is 0 Å². The maximum absolute atomic E-state index is 7.62. The first-order valence-electron chi connectivity index (χ1n) is 15.4. The molecule has 3 aromatic carbocycles. The van der Waals surface area contributed by atoms with E-state index in [1.807, 2.05) is 10.6 Å². The maximum Gasteiger partial charge on any atom is 0.261 e. The predicted molar refractivity (Wildman–Crippen MR) is 182 cm³/mol. The summed E-state index contributed by atoms with van der Waals surface area (Å²) in [6, 6.07) is 32.2. The summed E-state index contributed by atoms with van der Waals surface area (Å²) >= 11 is 0. The summed E-state index contributed by atoms with van der Waals surface area (Å²) in [7, 11) is -2.75. The fourth-order valence-electron chi connectivity index (χ4n) is 6.72. The summed E-state index contributed by atoms with van der Waals surface area (Å²) in [5, 5.41) is 6.12. The number of anilines is 2. The van der Waals surface area contributed by atoms with Gasteiger partial charge in [-0.25, -0.2) is 9.97 Å². The van der Waals surface area contributed by atoms with Crippen LogP contribution in [-0.2, 0) is 4.43 Å². The van der Waals surface area contributed by atoms with Crippen LogP contribution in [0.25, 0.3) is 17.0 Å². The highest BCUT2D eigenvalue weighted by molar-refractivity contribution is 6.99. The monoisotopic (exact) mass is 611 g/mol. The van der Waals surface area contributed by atoms with E-state index in [-0.39, 0.29) is 17.2 Å². The summed E-state index contributed by atoms with van der Waals surface area (Å²) < 4.78 is 9.45. The second-order valence-electron chi connectivity index (χ2n) is 12.6. The second kappa shape index (κ2) is 11.6. The van der Waals surface area contributed by atoms with Gasteiger partial charge in [-0.2, -0.15) is 4.98 Å². The van der Waals surface area contributed by atoms with Crippen LogP contribution in [0.15, 0.2) is 116 Å². The van der Waals surface area contributed by atoms with E-state index < -0.39 is 8.32 Å². The van der Waals surface area contributed by atoms with Gasteiger partial charge in [-0.1, -0.05) is 106 Å². The smallest absolute Gasteiger partial charge is 0.261 e. The number of benzene rings is 3. The molecular formula is C36H37N7OSi. The highest BCUT2D eigenvalue weighted by Crippen LogP contribution is 2.45. The molecule has 0 saturated heterocycles. The van der Waals surface area contributed by atoms with Gasteiger partial charge in [0.05, 0.1) is 41.3 Å². The molecule has 8 nitrogen and oxygen atoms in total. The van der Waals surface area contributed by atoms with E-state index >= 15 is 0 Å². The van der Waals surface area contributed by atoms with Gasteiger partial charge in [0.15, 0.2) is 5.82 Å². The van der Waals surface area contributed by atoms with Crippen LogP contribution in [0.2, 0.25) is 5.04 Å². The summed E-state index contributed by atoms with van der Waals surface area (Å²) in [6.45, 7) is 6.98. The molecule has 0 bridgehead atoms. The van der Waals surface area contributed by atoms with Crippen molar-refractivity contribution in [3.05, 3.63) is 127 Å². The number of hydrogen-bond donors (Lipinski definition) is 2. The highest BCUT2D eigenvalue weighted by atomic mass is 28.4. The number of fused-ring (bicyclic) bond motifs is 2. The van der Waals surface area contributed by atoms with Gasteiger partial charge in [0.2, 0.25) is 5.95 Å². The number of nitrogen functional groups attached to an aromatic ring is 1. The van der Waals surface area contributed by atoms with E-state index in [1.165, 1.54) is 21.5 Å². The Morgan fingerprint density at radius 1 is 0.822 bits per heavy atom. The molecular weight excluding hydrogens is 575 g/mol. The molecule has 3 N–H and O–H groups in total. The van der Waals surface area contributed by atoms with Gasteiger partial charge in [-0.05, 0) is 45.4 Å². The van der Waals surface area contributed by atoms with Gasteiger partial charge in [-0.15, -0.1) is 0 Å². The van der Waals surface area contributed by atoms with Crippen molar-refractivity contribution in [2.75, 3.05) is 11.1 Å². The highest BCUT2D eigenvalue weighted by Gasteiger charge is 2.52. The lowest BCUT2D eigenvalue weighted by Gasteiger charge is -2.46. The van der Waals surface area contributed by atoms with E-state index in [1.54, 1.807) is 24.9 Å². The number of nitrogens with two attached hydrogens (primary N) is 1. The summed E-state index contributed by atoms with van der Waals surface area (Å²) in [5.74, 6) is 1.08. The number of nitrogens with zero attached hydrogens (tertiary/aromatic N) is 5. The first kappa shape index (κ1) is 28.9. The van der Waals surface area contributed by atoms with Crippen molar-refractivity contribution in [3.8, 4) is 5.95 Å². The molecule has 0 aliphatic heterocycles. The van der Waals surface area contributed by atoms with Gasteiger partial charge < -0.3 is 15.5 Å². The zero-order valence-corrected chi connectivity index (χ0v) is 26.8. The van der Waals surface area contributed by atoms with Crippen LogP contribution in [0.3, 0.4) is 0 Å². The van der Waals surface area contributed by atoms with Crippen molar-refractivity contribution in [1.82, 2.24) is 24.5 Å². The standard InChI is InChI=1S/C36H37N7OSi/c1-36(2,3)45(25-12-6-4-7-13-25,26-14-8-5-9-15-26)44-33-19-18-30(27-16-10-11-17-28(27)33)41-34-29(37)22-39-35(42-34)43-24-40-31-20-21-38-23-32(31)43/h4-17,20-24,30,33H,18-19,37H2,1-3H3,(H,39,41,42)/t30-,33-/m1/s1. The van der Waals surface area contributed by atoms with E-state index in [9.17, 15) is 0 Å². The molecule has 7 rings (SSSR count). The first-order valence-corrected chi connectivity index (χ1v) is 17.3.